The van der Waals surface area contributed by atoms with Crippen LogP contribution in [0.4, 0.5) is 0 Å². The monoisotopic (exact) mass is 478 g/mol. The number of fused-ring (bicyclic) bond motifs is 4. The standard InChI is InChI=1S/C28H34N2O5/c1-19-9-6-13-24-27(19)21-11-7-10-20(17-21)22(18-26(32)33)29-28(34)23(30-15-8-14-25(30)31)12-4-2-3-5-16-35-24/h6-7,9-11,13,17,22-23H,2-5,8,12,14-16,18H2,1H3,(H,29,34)(H,32,33)/t22-,23-/m0/s1. The number of aliphatic carboxylic acids is 1. The van der Waals surface area contributed by atoms with E-state index >= 15 is 0 Å². The number of nitrogens with one attached hydrogen (secondary N) is 1. The molecular formula is C28H34N2O5. The predicted molar refractivity (Wildman–Crippen MR) is 133 cm³/mol. The molecule has 1 fully saturated rings. The number of benzene rings is 2. The molecule has 0 radical (unpaired) electrons. The summed E-state index contributed by atoms with van der Waals surface area (Å²) in [5, 5.41) is 12.6. The summed E-state index contributed by atoms with van der Waals surface area (Å²) in [5.41, 5.74) is 3.67. The number of ether oxygens (including phenoxy) is 1. The van der Waals surface area contributed by atoms with E-state index in [1.54, 1.807) is 4.90 Å². The smallest absolute Gasteiger partial charge is 0.305 e. The quantitative estimate of drug-likeness (QED) is 0.671. The van der Waals surface area contributed by atoms with Crippen molar-refractivity contribution < 1.29 is 24.2 Å². The fourth-order valence-electron chi connectivity index (χ4n) is 5.14. The summed E-state index contributed by atoms with van der Waals surface area (Å²) in [6.07, 6.45) is 5.17. The van der Waals surface area contributed by atoms with Crippen molar-refractivity contribution in [1.29, 1.82) is 0 Å². The molecule has 186 valence electrons. The van der Waals surface area contributed by atoms with Gasteiger partial charge in [0.2, 0.25) is 11.8 Å². The van der Waals surface area contributed by atoms with Gasteiger partial charge in [-0.15, -0.1) is 0 Å². The van der Waals surface area contributed by atoms with Crippen LogP contribution in [0.5, 0.6) is 5.75 Å². The highest BCUT2D eigenvalue weighted by molar-refractivity contribution is 5.89. The summed E-state index contributed by atoms with van der Waals surface area (Å²) in [6, 6.07) is 12.3. The van der Waals surface area contributed by atoms with Crippen LogP contribution in [0.3, 0.4) is 0 Å². The van der Waals surface area contributed by atoms with Crippen LogP contribution >= 0.6 is 0 Å². The Hall–Kier alpha value is -3.35. The molecule has 0 saturated carbocycles. The lowest BCUT2D eigenvalue weighted by molar-refractivity contribution is -0.140. The van der Waals surface area contributed by atoms with E-state index in [0.717, 1.165) is 54.5 Å². The van der Waals surface area contributed by atoms with E-state index in [2.05, 4.69) is 5.32 Å². The van der Waals surface area contributed by atoms with Gasteiger partial charge in [0, 0.05) is 18.5 Å². The first-order chi connectivity index (χ1) is 16.9. The normalized spacial score (nSPS) is 21.7. The first-order valence-electron chi connectivity index (χ1n) is 12.6. The van der Waals surface area contributed by atoms with E-state index in [-0.39, 0.29) is 18.2 Å². The van der Waals surface area contributed by atoms with Crippen molar-refractivity contribution in [3.63, 3.8) is 0 Å². The van der Waals surface area contributed by atoms with E-state index in [0.29, 0.717) is 31.6 Å². The lowest BCUT2D eigenvalue weighted by Gasteiger charge is -2.29. The summed E-state index contributed by atoms with van der Waals surface area (Å²) in [6.45, 7) is 3.20. The summed E-state index contributed by atoms with van der Waals surface area (Å²) >= 11 is 0. The van der Waals surface area contributed by atoms with Gasteiger partial charge in [-0.1, -0.05) is 49.6 Å². The van der Waals surface area contributed by atoms with Gasteiger partial charge in [-0.05, 0) is 55.0 Å². The molecule has 2 atom stereocenters. The lowest BCUT2D eigenvalue weighted by Crippen LogP contribution is -2.48. The highest BCUT2D eigenvalue weighted by Gasteiger charge is 2.34. The van der Waals surface area contributed by atoms with E-state index in [1.807, 2.05) is 49.4 Å². The minimum atomic E-state index is -0.996. The zero-order valence-corrected chi connectivity index (χ0v) is 20.3. The Balaban J connectivity index is 1.72. The molecule has 0 unspecified atom stereocenters. The van der Waals surface area contributed by atoms with Crippen molar-refractivity contribution in [2.45, 2.75) is 70.4 Å². The van der Waals surface area contributed by atoms with Gasteiger partial charge in [0.1, 0.15) is 11.8 Å². The summed E-state index contributed by atoms with van der Waals surface area (Å²) in [4.78, 5) is 39.3. The molecule has 1 saturated heterocycles. The van der Waals surface area contributed by atoms with Crippen molar-refractivity contribution >= 4 is 17.8 Å². The van der Waals surface area contributed by atoms with Crippen LogP contribution < -0.4 is 10.1 Å². The molecule has 2 bridgehead atoms. The second-order valence-electron chi connectivity index (χ2n) is 9.49. The van der Waals surface area contributed by atoms with Gasteiger partial charge in [0.25, 0.3) is 0 Å². The number of likely N-dealkylation sites (tertiary alicyclic amines) is 1. The Labute approximate surface area is 206 Å². The van der Waals surface area contributed by atoms with Crippen molar-refractivity contribution in [3.05, 3.63) is 53.6 Å². The van der Waals surface area contributed by atoms with Gasteiger partial charge >= 0.3 is 5.97 Å². The molecule has 4 rings (SSSR count). The summed E-state index contributed by atoms with van der Waals surface area (Å²) < 4.78 is 6.17. The van der Waals surface area contributed by atoms with Gasteiger partial charge in [-0.2, -0.15) is 0 Å². The molecule has 0 aliphatic carbocycles. The molecule has 0 aromatic heterocycles. The van der Waals surface area contributed by atoms with Crippen molar-refractivity contribution in [1.82, 2.24) is 10.2 Å². The molecule has 2 N–H and O–H groups in total. The molecular weight excluding hydrogens is 444 g/mol. The molecule has 0 spiro atoms. The van der Waals surface area contributed by atoms with Crippen LogP contribution in [0.1, 0.15) is 68.5 Å². The zero-order chi connectivity index (χ0) is 24.8. The molecule has 2 aliphatic heterocycles. The number of aryl methyl sites for hydroxylation is 1. The van der Waals surface area contributed by atoms with Crippen LogP contribution in [-0.4, -0.2) is 47.0 Å². The Morgan fingerprint density at radius 1 is 1.09 bits per heavy atom. The van der Waals surface area contributed by atoms with E-state index in [1.165, 1.54) is 0 Å². The van der Waals surface area contributed by atoms with Crippen molar-refractivity contribution in [2.24, 2.45) is 0 Å². The zero-order valence-electron chi connectivity index (χ0n) is 20.3. The van der Waals surface area contributed by atoms with Crippen LogP contribution in [0, 0.1) is 6.92 Å². The molecule has 7 nitrogen and oxygen atoms in total. The number of carboxylic acid groups (broad SMARTS) is 1. The summed E-state index contributed by atoms with van der Waals surface area (Å²) in [5.74, 6) is -0.467. The molecule has 2 aliphatic rings. The fourth-order valence-corrected chi connectivity index (χ4v) is 5.14. The number of carboxylic acids is 1. The minimum Gasteiger partial charge on any atom is -0.493 e. The molecule has 2 heterocycles. The maximum Gasteiger partial charge on any atom is 0.305 e. The molecule has 35 heavy (non-hydrogen) atoms. The van der Waals surface area contributed by atoms with E-state index < -0.39 is 18.1 Å². The Morgan fingerprint density at radius 3 is 2.66 bits per heavy atom. The Morgan fingerprint density at radius 2 is 1.89 bits per heavy atom. The van der Waals surface area contributed by atoms with E-state index in [9.17, 15) is 19.5 Å². The highest BCUT2D eigenvalue weighted by Crippen LogP contribution is 2.35. The van der Waals surface area contributed by atoms with Gasteiger partial charge < -0.3 is 20.1 Å². The number of nitrogens with zero attached hydrogens (tertiary/aromatic N) is 1. The molecule has 2 amide bonds. The number of carbonyl (C=O) groups is 3. The van der Waals surface area contributed by atoms with Crippen LogP contribution in [-0.2, 0) is 14.4 Å². The van der Waals surface area contributed by atoms with Gasteiger partial charge in [-0.25, -0.2) is 0 Å². The maximum absolute atomic E-state index is 13.5. The molecule has 2 aromatic carbocycles. The Kier molecular flexibility index (Phi) is 8.06. The van der Waals surface area contributed by atoms with Crippen LogP contribution in [0.25, 0.3) is 11.1 Å². The summed E-state index contributed by atoms with van der Waals surface area (Å²) in [7, 11) is 0. The fraction of sp³-hybridized carbons (Fsp3) is 0.464. The van der Waals surface area contributed by atoms with Gasteiger partial charge in [-0.3, -0.25) is 14.4 Å². The largest absolute Gasteiger partial charge is 0.493 e. The lowest BCUT2D eigenvalue weighted by atomic mass is 9.94. The van der Waals surface area contributed by atoms with Crippen molar-refractivity contribution in [3.8, 4) is 16.9 Å². The number of carbonyl (C=O) groups excluding carboxylic acids is 2. The predicted octanol–water partition coefficient (Wildman–Crippen LogP) is 4.63. The number of hydrogen-bond donors (Lipinski definition) is 2. The topological polar surface area (TPSA) is 95.9 Å². The molecule has 7 heteroatoms. The minimum absolute atomic E-state index is 0.00295. The maximum atomic E-state index is 13.5. The first kappa shape index (κ1) is 24.8. The third kappa shape index (κ3) is 6.02. The molecule has 2 aromatic rings. The number of rotatable bonds is 3. The highest BCUT2D eigenvalue weighted by atomic mass is 16.5. The number of hydrogen-bond acceptors (Lipinski definition) is 4. The third-order valence-corrected chi connectivity index (χ3v) is 6.93. The second-order valence-corrected chi connectivity index (χ2v) is 9.49. The van der Waals surface area contributed by atoms with Gasteiger partial charge in [0.15, 0.2) is 0 Å². The van der Waals surface area contributed by atoms with Gasteiger partial charge in [0.05, 0.1) is 19.1 Å². The van der Waals surface area contributed by atoms with Crippen LogP contribution in [0.15, 0.2) is 42.5 Å². The SMILES string of the molecule is Cc1cccc2c1-c1cccc(c1)[C@H](CC(=O)O)NC(=O)[C@@H](N1CCCC1=O)CCCCCCO2. The van der Waals surface area contributed by atoms with Crippen molar-refractivity contribution in [2.75, 3.05) is 13.2 Å². The average Bonchev–Trinajstić information content (AvgIpc) is 3.25. The third-order valence-electron chi connectivity index (χ3n) is 6.93. The Bertz CT molecular complexity index is 1080. The first-order valence-corrected chi connectivity index (χ1v) is 12.6. The number of amides is 2. The van der Waals surface area contributed by atoms with E-state index in [4.69, 9.17) is 4.74 Å². The van der Waals surface area contributed by atoms with Crippen LogP contribution in [0.2, 0.25) is 0 Å². The second kappa shape index (κ2) is 11.4. The average molecular weight is 479 g/mol.